The third kappa shape index (κ3) is 4.43. The molecule has 2 aromatic heterocycles. The zero-order valence-corrected chi connectivity index (χ0v) is 19.4. The molecule has 32 heavy (non-hydrogen) atoms. The lowest BCUT2D eigenvalue weighted by atomic mass is 10.2. The molecule has 4 aromatic rings. The summed E-state index contributed by atoms with van der Waals surface area (Å²) in [5.41, 5.74) is 1.79. The standard InChI is InChI=1S/C21H17ClN4O4S2/c1-3-30-21(27)16-12-18(26(25-16)17-10-5-4-9-15(17)22)20-24-23-19(31-20)13-7-6-8-14(11-13)32(2,28)29/h4-12H,3H2,1-2H3. The second kappa shape index (κ2) is 8.81. The molecule has 8 nitrogen and oxygen atoms in total. The van der Waals surface area contributed by atoms with E-state index in [0.717, 1.165) is 6.26 Å². The lowest BCUT2D eigenvalue weighted by molar-refractivity contribution is 0.0519. The van der Waals surface area contributed by atoms with E-state index in [4.69, 9.17) is 16.3 Å². The molecule has 4 rings (SSSR count). The average Bonchev–Trinajstić information content (AvgIpc) is 3.41. The first kappa shape index (κ1) is 22.1. The number of benzene rings is 2. The molecule has 0 aliphatic carbocycles. The second-order valence-electron chi connectivity index (χ2n) is 6.71. The van der Waals surface area contributed by atoms with E-state index in [9.17, 15) is 13.2 Å². The fourth-order valence-corrected chi connectivity index (χ4v) is 4.67. The summed E-state index contributed by atoms with van der Waals surface area (Å²) in [4.78, 5) is 12.5. The van der Waals surface area contributed by atoms with Crippen molar-refractivity contribution in [3.63, 3.8) is 0 Å². The van der Waals surface area contributed by atoms with Gasteiger partial charge in [0, 0.05) is 17.9 Å². The van der Waals surface area contributed by atoms with Crippen molar-refractivity contribution in [2.75, 3.05) is 12.9 Å². The van der Waals surface area contributed by atoms with Crippen LogP contribution in [0.1, 0.15) is 17.4 Å². The van der Waals surface area contributed by atoms with Gasteiger partial charge in [-0.25, -0.2) is 17.9 Å². The molecule has 0 spiro atoms. The smallest absolute Gasteiger partial charge is 0.358 e. The highest BCUT2D eigenvalue weighted by atomic mass is 35.5. The number of carbonyl (C=O) groups is 1. The van der Waals surface area contributed by atoms with Gasteiger partial charge in [-0.2, -0.15) is 5.10 Å². The number of sulfone groups is 1. The summed E-state index contributed by atoms with van der Waals surface area (Å²) in [6, 6.07) is 15.1. The monoisotopic (exact) mass is 488 g/mol. The number of carbonyl (C=O) groups excluding carboxylic acids is 1. The van der Waals surface area contributed by atoms with Crippen LogP contribution in [0.5, 0.6) is 0 Å². The summed E-state index contributed by atoms with van der Waals surface area (Å²) in [7, 11) is -3.36. The van der Waals surface area contributed by atoms with Crippen LogP contribution in [-0.4, -0.2) is 47.2 Å². The summed E-state index contributed by atoms with van der Waals surface area (Å²) in [5.74, 6) is -0.565. The van der Waals surface area contributed by atoms with Crippen molar-refractivity contribution in [3.8, 4) is 27.0 Å². The van der Waals surface area contributed by atoms with E-state index in [0.29, 0.717) is 32.0 Å². The first-order valence-electron chi connectivity index (χ1n) is 9.44. The van der Waals surface area contributed by atoms with Crippen molar-refractivity contribution in [1.29, 1.82) is 0 Å². The molecule has 164 valence electrons. The summed E-state index contributed by atoms with van der Waals surface area (Å²) in [6.45, 7) is 1.93. The highest BCUT2D eigenvalue weighted by molar-refractivity contribution is 7.90. The number of hydrogen-bond donors (Lipinski definition) is 0. The van der Waals surface area contributed by atoms with Crippen molar-refractivity contribution in [1.82, 2.24) is 20.0 Å². The molecule has 0 fully saturated rings. The Morgan fingerprint density at radius 1 is 1.09 bits per heavy atom. The van der Waals surface area contributed by atoms with E-state index < -0.39 is 15.8 Å². The minimum Gasteiger partial charge on any atom is -0.461 e. The van der Waals surface area contributed by atoms with Gasteiger partial charge in [-0.3, -0.25) is 0 Å². The van der Waals surface area contributed by atoms with Gasteiger partial charge in [0.1, 0.15) is 10.7 Å². The zero-order valence-electron chi connectivity index (χ0n) is 17.0. The maximum Gasteiger partial charge on any atom is 0.358 e. The third-order valence-electron chi connectivity index (χ3n) is 4.43. The van der Waals surface area contributed by atoms with E-state index in [2.05, 4.69) is 15.3 Å². The molecule has 0 radical (unpaired) electrons. The quantitative estimate of drug-likeness (QED) is 0.373. The lowest BCUT2D eigenvalue weighted by Crippen LogP contribution is -2.07. The van der Waals surface area contributed by atoms with Gasteiger partial charge in [-0.05, 0) is 31.2 Å². The molecule has 0 unspecified atom stereocenters. The summed E-state index contributed by atoms with van der Waals surface area (Å²) in [6.07, 6.45) is 1.15. The van der Waals surface area contributed by atoms with Gasteiger partial charge in [0.2, 0.25) is 0 Å². The molecule has 0 N–H and O–H groups in total. The Morgan fingerprint density at radius 3 is 2.56 bits per heavy atom. The molecular formula is C21H17ClN4O4S2. The molecule has 0 aliphatic heterocycles. The maximum atomic E-state index is 12.3. The Balaban J connectivity index is 1.82. The number of esters is 1. The molecule has 0 bridgehead atoms. The van der Waals surface area contributed by atoms with E-state index in [1.807, 2.05) is 0 Å². The highest BCUT2D eigenvalue weighted by Gasteiger charge is 2.22. The Hall–Kier alpha value is -3.08. The number of hydrogen-bond acceptors (Lipinski definition) is 8. The molecule has 0 atom stereocenters. The predicted molar refractivity (Wildman–Crippen MR) is 122 cm³/mol. The minimum absolute atomic E-state index is 0.109. The normalized spacial score (nSPS) is 11.5. The van der Waals surface area contributed by atoms with Gasteiger partial charge in [-0.1, -0.05) is 47.2 Å². The van der Waals surface area contributed by atoms with Crippen LogP contribution in [0.3, 0.4) is 0 Å². The number of nitrogens with zero attached hydrogens (tertiary/aromatic N) is 4. The third-order valence-corrected chi connectivity index (χ3v) is 6.85. The Morgan fingerprint density at radius 2 is 1.84 bits per heavy atom. The number of rotatable bonds is 6. The average molecular weight is 489 g/mol. The maximum absolute atomic E-state index is 12.3. The number of halogens is 1. The largest absolute Gasteiger partial charge is 0.461 e. The molecule has 0 amide bonds. The fraction of sp³-hybridized carbons (Fsp3) is 0.143. The van der Waals surface area contributed by atoms with Gasteiger partial charge in [0.25, 0.3) is 0 Å². The van der Waals surface area contributed by atoms with Crippen LogP contribution in [0, 0.1) is 0 Å². The van der Waals surface area contributed by atoms with Crippen molar-refractivity contribution in [2.24, 2.45) is 0 Å². The van der Waals surface area contributed by atoms with Crippen LogP contribution >= 0.6 is 22.9 Å². The molecule has 2 aromatic carbocycles. The van der Waals surface area contributed by atoms with E-state index in [1.54, 1.807) is 55.5 Å². The van der Waals surface area contributed by atoms with Gasteiger partial charge >= 0.3 is 5.97 Å². The van der Waals surface area contributed by atoms with Crippen LogP contribution in [0.4, 0.5) is 0 Å². The molecule has 2 heterocycles. The highest BCUT2D eigenvalue weighted by Crippen LogP contribution is 2.33. The molecular weight excluding hydrogens is 472 g/mol. The van der Waals surface area contributed by atoms with Gasteiger partial charge < -0.3 is 4.74 Å². The first-order valence-corrected chi connectivity index (χ1v) is 12.5. The predicted octanol–water partition coefficient (Wildman–Crippen LogP) is 4.29. The van der Waals surface area contributed by atoms with Crippen molar-refractivity contribution < 1.29 is 17.9 Å². The molecule has 0 saturated heterocycles. The lowest BCUT2D eigenvalue weighted by Gasteiger charge is -2.06. The molecule has 11 heteroatoms. The van der Waals surface area contributed by atoms with Gasteiger partial charge in [0.15, 0.2) is 20.5 Å². The Bertz CT molecular complexity index is 1410. The summed E-state index contributed by atoms with van der Waals surface area (Å²) < 4.78 is 30.4. The number of para-hydroxylation sites is 1. The van der Waals surface area contributed by atoms with Crippen LogP contribution in [0.15, 0.2) is 59.5 Å². The first-order chi connectivity index (χ1) is 15.3. The van der Waals surface area contributed by atoms with Crippen molar-refractivity contribution >= 4 is 38.7 Å². The fourth-order valence-electron chi connectivity index (χ4n) is 2.95. The van der Waals surface area contributed by atoms with Crippen LogP contribution < -0.4 is 0 Å². The van der Waals surface area contributed by atoms with Crippen LogP contribution in [0.25, 0.3) is 27.0 Å². The topological polar surface area (TPSA) is 104 Å². The summed E-state index contributed by atoms with van der Waals surface area (Å²) in [5, 5.41) is 14.3. The van der Waals surface area contributed by atoms with Crippen LogP contribution in [0.2, 0.25) is 5.02 Å². The van der Waals surface area contributed by atoms with Crippen molar-refractivity contribution in [3.05, 3.63) is 65.3 Å². The molecule has 0 aliphatic rings. The van der Waals surface area contributed by atoms with E-state index >= 15 is 0 Å². The van der Waals surface area contributed by atoms with E-state index in [-0.39, 0.29) is 17.2 Å². The molecule has 0 saturated carbocycles. The van der Waals surface area contributed by atoms with Crippen LogP contribution in [-0.2, 0) is 14.6 Å². The SMILES string of the molecule is CCOC(=O)c1cc(-c2nnc(-c3cccc(S(C)(=O)=O)c3)s2)n(-c2ccccc2Cl)n1. The van der Waals surface area contributed by atoms with Crippen molar-refractivity contribution in [2.45, 2.75) is 11.8 Å². The minimum atomic E-state index is -3.36. The second-order valence-corrected chi connectivity index (χ2v) is 10.1. The van der Waals surface area contributed by atoms with Gasteiger partial charge in [0.05, 0.1) is 22.2 Å². The Labute approximate surface area is 193 Å². The zero-order chi connectivity index (χ0) is 22.9. The summed E-state index contributed by atoms with van der Waals surface area (Å²) >= 11 is 7.60. The number of aromatic nitrogens is 4. The number of ether oxygens (including phenoxy) is 1. The van der Waals surface area contributed by atoms with E-state index in [1.165, 1.54) is 22.1 Å². The Kier molecular flexibility index (Phi) is 6.09. The van der Waals surface area contributed by atoms with Gasteiger partial charge in [-0.15, -0.1) is 10.2 Å².